The van der Waals surface area contributed by atoms with E-state index in [2.05, 4.69) is 0 Å². The fraction of sp³-hybridized carbons (Fsp3) is 0.625. The summed E-state index contributed by atoms with van der Waals surface area (Å²) in [5.74, 6) is -1.61. The molecule has 2 N–H and O–H groups in total. The summed E-state index contributed by atoms with van der Waals surface area (Å²) in [6.45, 7) is 2.04. The van der Waals surface area contributed by atoms with E-state index in [0.717, 1.165) is 6.26 Å². The van der Waals surface area contributed by atoms with Crippen LogP contribution in [0.1, 0.15) is 19.8 Å². The number of hydrogen-bond acceptors (Lipinski definition) is 4. The largest absolute Gasteiger partial charge is 0.501 e. The molecule has 0 aromatic heterocycles. The summed E-state index contributed by atoms with van der Waals surface area (Å²) in [6.07, 6.45) is 1.17. The van der Waals surface area contributed by atoms with Crippen LogP contribution in [0.15, 0.2) is 11.8 Å². The standard InChI is InChI=1S/C8H14O6S/c1-2-14-6-7(8(9)10)4-3-5-15(11,12)13/h6H,2-5H2,1H3,(H,9,10)(H,11,12,13)/b7-6-. The molecular weight excluding hydrogens is 224 g/mol. The lowest BCUT2D eigenvalue weighted by atomic mass is 10.2. The van der Waals surface area contributed by atoms with Gasteiger partial charge in [-0.3, -0.25) is 4.55 Å². The van der Waals surface area contributed by atoms with Crippen LogP contribution >= 0.6 is 0 Å². The third kappa shape index (κ3) is 7.95. The molecule has 0 unspecified atom stereocenters. The van der Waals surface area contributed by atoms with Crippen LogP contribution in [0, 0.1) is 0 Å². The molecule has 0 aliphatic carbocycles. The van der Waals surface area contributed by atoms with Crippen molar-refractivity contribution in [2.45, 2.75) is 19.8 Å². The minimum absolute atomic E-state index is 0.0134. The summed E-state index contributed by atoms with van der Waals surface area (Å²) < 4.78 is 33.9. The van der Waals surface area contributed by atoms with Gasteiger partial charge in [-0.1, -0.05) is 0 Å². The molecule has 7 heteroatoms. The van der Waals surface area contributed by atoms with Gasteiger partial charge in [0.15, 0.2) is 0 Å². The van der Waals surface area contributed by atoms with E-state index in [0.29, 0.717) is 6.61 Å². The van der Waals surface area contributed by atoms with Gasteiger partial charge >= 0.3 is 5.97 Å². The van der Waals surface area contributed by atoms with Gasteiger partial charge in [0.25, 0.3) is 10.1 Å². The molecule has 0 saturated carbocycles. The number of ether oxygens (including phenoxy) is 1. The monoisotopic (exact) mass is 238 g/mol. The molecule has 0 bridgehead atoms. The van der Waals surface area contributed by atoms with Crippen LogP contribution in [0.5, 0.6) is 0 Å². The minimum Gasteiger partial charge on any atom is -0.501 e. The molecule has 0 aromatic carbocycles. The normalized spacial score (nSPS) is 12.5. The number of carboxylic acids is 1. The van der Waals surface area contributed by atoms with Gasteiger partial charge in [0.1, 0.15) is 0 Å². The smallest absolute Gasteiger partial charge is 0.334 e. The van der Waals surface area contributed by atoms with E-state index in [1.807, 2.05) is 0 Å². The van der Waals surface area contributed by atoms with E-state index in [9.17, 15) is 13.2 Å². The van der Waals surface area contributed by atoms with Crippen molar-refractivity contribution in [1.82, 2.24) is 0 Å². The molecule has 0 saturated heterocycles. The van der Waals surface area contributed by atoms with Crippen LogP contribution < -0.4 is 0 Å². The lowest BCUT2D eigenvalue weighted by Gasteiger charge is -2.02. The van der Waals surface area contributed by atoms with Crippen molar-refractivity contribution >= 4 is 16.1 Å². The quantitative estimate of drug-likeness (QED) is 0.384. The van der Waals surface area contributed by atoms with E-state index in [1.54, 1.807) is 6.92 Å². The maximum atomic E-state index is 10.6. The van der Waals surface area contributed by atoms with Crippen LogP contribution in [0.3, 0.4) is 0 Å². The zero-order chi connectivity index (χ0) is 11.9. The molecule has 0 radical (unpaired) electrons. The SMILES string of the molecule is CCO/C=C(/CCCS(=O)(=O)O)C(=O)O. The van der Waals surface area contributed by atoms with Crippen LogP contribution in [0.4, 0.5) is 0 Å². The second kappa shape index (κ2) is 6.41. The topological polar surface area (TPSA) is 101 Å². The number of carboxylic acid groups (broad SMARTS) is 1. The molecule has 0 atom stereocenters. The minimum atomic E-state index is -4.03. The van der Waals surface area contributed by atoms with Crippen molar-refractivity contribution in [2.24, 2.45) is 0 Å². The van der Waals surface area contributed by atoms with Crippen LogP contribution in [0.2, 0.25) is 0 Å². The summed E-state index contributed by atoms with van der Waals surface area (Å²) in [7, 11) is -4.03. The van der Waals surface area contributed by atoms with Gasteiger partial charge in [0.05, 0.1) is 24.2 Å². The third-order valence-electron chi connectivity index (χ3n) is 1.52. The van der Waals surface area contributed by atoms with E-state index < -0.39 is 21.8 Å². The molecule has 0 spiro atoms. The zero-order valence-electron chi connectivity index (χ0n) is 8.34. The fourth-order valence-electron chi connectivity index (χ4n) is 0.845. The van der Waals surface area contributed by atoms with E-state index >= 15 is 0 Å². The predicted octanol–water partition coefficient (Wildman–Crippen LogP) is 0.659. The van der Waals surface area contributed by atoms with Crippen molar-refractivity contribution in [2.75, 3.05) is 12.4 Å². The second-order valence-corrected chi connectivity index (χ2v) is 4.37. The number of carbonyl (C=O) groups is 1. The first-order valence-corrected chi connectivity index (χ1v) is 5.97. The molecule has 0 fully saturated rings. The maximum Gasteiger partial charge on any atom is 0.334 e. The van der Waals surface area contributed by atoms with Crippen LogP contribution in [-0.4, -0.2) is 36.4 Å². The summed E-state index contributed by atoms with van der Waals surface area (Å²) in [5, 5.41) is 8.67. The lowest BCUT2D eigenvalue weighted by molar-refractivity contribution is -0.133. The molecule has 0 rings (SSSR count). The first kappa shape index (κ1) is 13.9. The molecule has 0 aliphatic heterocycles. The highest BCUT2D eigenvalue weighted by atomic mass is 32.2. The van der Waals surface area contributed by atoms with Crippen LogP contribution in [0.25, 0.3) is 0 Å². The Morgan fingerprint density at radius 3 is 2.47 bits per heavy atom. The van der Waals surface area contributed by atoms with E-state index in [1.165, 1.54) is 0 Å². The van der Waals surface area contributed by atoms with Crippen molar-refractivity contribution in [3.05, 3.63) is 11.8 Å². The Morgan fingerprint density at radius 1 is 1.47 bits per heavy atom. The average molecular weight is 238 g/mol. The van der Waals surface area contributed by atoms with Crippen molar-refractivity contribution in [1.29, 1.82) is 0 Å². The number of rotatable bonds is 7. The molecule has 6 nitrogen and oxygen atoms in total. The van der Waals surface area contributed by atoms with E-state index in [4.69, 9.17) is 14.4 Å². The highest BCUT2D eigenvalue weighted by molar-refractivity contribution is 7.85. The molecule has 0 heterocycles. The Morgan fingerprint density at radius 2 is 2.07 bits per heavy atom. The number of aliphatic carboxylic acids is 1. The first-order valence-electron chi connectivity index (χ1n) is 4.36. The molecule has 0 aliphatic rings. The van der Waals surface area contributed by atoms with Gasteiger partial charge < -0.3 is 9.84 Å². The van der Waals surface area contributed by atoms with Gasteiger partial charge in [-0.25, -0.2) is 4.79 Å². The molecule has 88 valence electrons. The lowest BCUT2D eigenvalue weighted by Crippen LogP contribution is -2.07. The summed E-state index contributed by atoms with van der Waals surface area (Å²) in [4.78, 5) is 10.6. The van der Waals surface area contributed by atoms with Gasteiger partial charge in [-0.05, 0) is 19.8 Å². The Hall–Kier alpha value is -1.08. The average Bonchev–Trinajstić information content (AvgIpc) is 2.08. The zero-order valence-corrected chi connectivity index (χ0v) is 9.16. The van der Waals surface area contributed by atoms with Crippen molar-refractivity contribution in [3.8, 4) is 0 Å². The second-order valence-electron chi connectivity index (χ2n) is 2.79. The number of hydrogen-bond donors (Lipinski definition) is 2. The summed E-state index contributed by atoms with van der Waals surface area (Å²) in [5.41, 5.74) is -0.0134. The highest BCUT2D eigenvalue weighted by Gasteiger charge is 2.10. The molecule has 0 amide bonds. The predicted molar refractivity (Wildman–Crippen MR) is 53.0 cm³/mol. The first-order chi connectivity index (χ1) is 6.87. The fourth-order valence-corrected chi connectivity index (χ4v) is 1.35. The van der Waals surface area contributed by atoms with Crippen molar-refractivity contribution < 1.29 is 27.6 Å². The Balaban J connectivity index is 4.15. The summed E-state index contributed by atoms with van der Waals surface area (Å²) >= 11 is 0. The maximum absolute atomic E-state index is 10.6. The van der Waals surface area contributed by atoms with Gasteiger partial charge in [-0.2, -0.15) is 8.42 Å². The highest BCUT2D eigenvalue weighted by Crippen LogP contribution is 2.07. The molecular formula is C8H14O6S. The van der Waals surface area contributed by atoms with Crippen LogP contribution in [-0.2, 0) is 19.6 Å². The third-order valence-corrected chi connectivity index (χ3v) is 2.32. The van der Waals surface area contributed by atoms with Gasteiger partial charge in [0.2, 0.25) is 0 Å². The van der Waals surface area contributed by atoms with Gasteiger partial charge in [-0.15, -0.1) is 0 Å². The summed E-state index contributed by atoms with van der Waals surface area (Å²) in [6, 6.07) is 0. The van der Waals surface area contributed by atoms with Gasteiger partial charge in [0, 0.05) is 0 Å². The Labute approximate surface area is 88.3 Å². The Kier molecular flexibility index (Phi) is 5.95. The Bertz CT molecular complexity index is 329. The molecule has 15 heavy (non-hydrogen) atoms. The van der Waals surface area contributed by atoms with E-state index in [-0.39, 0.29) is 18.4 Å². The van der Waals surface area contributed by atoms with Crippen molar-refractivity contribution in [3.63, 3.8) is 0 Å². The molecule has 0 aromatic rings.